The zero-order chi connectivity index (χ0) is 13.0. The van der Waals surface area contributed by atoms with E-state index in [2.05, 4.69) is 10.3 Å². The molecule has 6 heteroatoms. The molecule has 0 saturated carbocycles. The lowest BCUT2D eigenvalue weighted by atomic mass is 10.1. The van der Waals surface area contributed by atoms with E-state index in [-0.39, 0.29) is 6.42 Å². The number of benzene rings is 1. The van der Waals surface area contributed by atoms with Crippen LogP contribution in [-0.2, 0) is 17.8 Å². The van der Waals surface area contributed by atoms with Crippen molar-refractivity contribution in [2.45, 2.75) is 13.0 Å². The molecule has 4 nitrogen and oxygen atoms in total. The number of aliphatic carboxylic acids is 1. The van der Waals surface area contributed by atoms with Gasteiger partial charge in [-0.3, -0.25) is 4.79 Å². The molecule has 2 rings (SSSR count). The van der Waals surface area contributed by atoms with Gasteiger partial charge in [0.05, 0.1) is 13.0 Å². The smallest absolute Gasteiger partial charge is 0.307 e. The van der Waals surface area contributed by atoms with Crippen LogP contribution in [0.25, 0.3) is 0 Å². The number of halogens is 1. The van der Waals surface area contributed by atoms with E-state index in [4.69, 9.17) is 16.7 Å². The summed E-state index contributed by atoms with van der Waals surface area (Å²) >= 11 is 7.17. The van der Waals surface area contributed by atoms with Crippen LogP contribution in [0.15, 0.2) is 30.5 Å². The van der Waals surface area contributed by atoms with Crippen molar-refractivity contribution < 1.29 is 9.90 Å². The van der Waals surface area contributed by atoms with Crippen molar-refractivity contribution in [3.05, 3.63) is 45.4 Å². The molecule has 0 atom stereocenters. The maximum atomic E-state index is 10.5. The Kier molecular flexibility index (Phi) is 4.17. The Labute approximate surface area is 113 Å². The maximum absolute atomic E-state index is 10.5. The fraction of sp³-hybridized carbons (Fsp3) is 0.167. The van der Waals surface area contributed by atoms with Crippen LogP contribution in [0.5, 0.6) is 0 Å². The number of thiazole rings is 1. The average molecular weight is 283 g/mol. The molecule has 18 heavy (non-hydrogen) atoms. The summed E-state index contributed by atoms with van der Waals surface area (Å²) in [6.45, 7) is 0.655. The van der Waals surface area contributed by atoms with Gasteiger partial charge in [0, 0.05) is 16.8 Å². The largest absolute Gasteiger partial charge is 0.481 e. The van der Waals surface area contributed by atoms with Gasteiger partial charge in [-0.05, 0) is 17.7 Å². The Balaban J connectivity index is 1.92. The molecule has 0 aliphatic rings. The van der Waals surface area contributed by atoms with Crippen molar-refractivity contribution in [1.29, 1.82) is 0 Å². The SMILES string of the molecule is O=C(O)Cc1ccc(NCc2cnc(Cl)s2)cc1. The Morgan fingerprint density at radius 3 is 2.67 bits per heavy atom. The van der Waals surface area contributed by atoms with E-state index < -0.39 is 5.97 Å². The molecule has 0 saturated heterocycles. The summed E-state index contributed by atoms with van der Waals surface area (Å²) in [6, 6.07) is 7.33. The van der Waals surface area contributed by atoms with Crippen molar-refractivity contribution in [2.75, 3.05) is 5.32 Å². The van der Waals surface area contributed by atoms with Crippen molar-refractivity contribution >= 4 is 34.6 Å². The molecule has 0 bridgehead atoms. The minimum Gasteiger partial charge on any atom is -0.481 e. The summed E-state index contributed by atoms with van der Waals surface area (Å²) in [7, 11) is 0. The second kappa shape index (κ2) is 5.84. The van der Waals surface area contributed by atoms with Crippen molar-refractivity contribution in [3.8, 4) is 0 Å². The Bertz CT molecular complexity index is 539. The van der Waals surface area contributed by atoms with Crippen LogP contribution in [-0.4, -0.2) is 16.1 Å². The molecule has 0 unspecified atom stereocenters. The van der Waals surface area contributed by atoms with Gasteiger partial charge in [-0.15, -0.1) is 11.3 Å². The fourth-order valence-electron chi connectivity index (χ4n) is 1.47. The topological polar surface area (TPSA) is 62.2 Å². The summed E-state index contributed by atoms with van der Waals surface area (Å²) < 4.78 is 0.531. The first-order chi connectivity index (χ1) is 8.63. The van der Waals surface area contributed by atoms with E-state index in [1.54, 1.807) is 18.3 Å². The monoisotopic (exact) mass is 282 g/mol. The summed E-state index contributed by atoms with van der Waals surface area (Å²) in [4.78, 5) is 15.5. The van der Waals surface area contributed by atoms with E-state index >= 15 is 0 Å². The lowest BCUT2D eigenvalue weighted by Crippen LogP contribution is -2.01. The number of carbonyl (C=O) groups is 1. The number of nitrogens with zero attached hydrogens (tertiary/aromatic N) is 1. The summed E-state index contributed by atoms with van der Waals surface area (Å²) in [5.41, 5.74) is 1.72. The van der Waals surface area contributed by atoms with Gasteiger partial charge in [-0.1, -0.05) is 23.7 Å². The summed E-state index contributed by atoms with van der Waals surface area (Å²) in [5, 5.41) is 11.9. The molecule has 1 aromatic carbocycles. The highest BCUT2D eigenvalue weighted by molar-refractivity contribution is 7.15. The van der Waals surface area contributed by atoms with E-state index in [0.717, 1.165) is 16.1 Å². The molecule has 1 aromatic heterocycles. The molecule has 2 aromatic rings. The molecule has 0 amide bonds. The zero-order valence-corrected chi connectivity index (χ0v) is 11.0. The summed E-state index contributed by atoms with van der Waals surface area (Å²) in [6.07, 6.45) is 1.78. The molecular formula is C12H11ClN2O2S. The Hall–Kier alpha value is -1.59. The first-order valence-electron chi connectivity index (χ1n) is 5.28. The van der Waals surface area contributed by atoms with Gasteiger partial charge in [0.1, 0.15) is 0 Å². The molecule has 0 aliphatic carbocycles. The van der Waals surface area contributed by atoms with Gasteiger partial charge < -0.3 is 10.4 Å². The number of hydrogen-bond donors (Lipinski definition) is 2. The Morgan fingerprint density at radius 1 is 1.39 bits per heavy atom. The third-order valence-electron chi connectivity index (χ3n) is 2.30. The number of anilines is 1. The fourth-order valence-corrected chi connectivity index (χ4v) is 2.39. The van der Waals surface area contributed by atoms with Gasteiger partial charge in [-0.25, -0.2) is 4.98 Å². The normalized spacial score (nSPS) is 10.3. The van der Waals surface area contributed by atoms with E-state index in [9.17, 15) is 4.79 Å². The Morgan fingerprint density at radius 2 is 2.11 bits per heavy atom. The zero-order valence-electron chi connectivity index (χ0n) is 9.39. The number of carboxylic acids is 1. The second-order valence-electron chi connectivity index (χ2n) is 3.70. The van der Waals surface area contributed by atoms with Crippen molar-refractivity contribution in [2.24, 2.45) is 0 Å². The number of nitrogens with one attached hydrogen (secondary N) is 1. The number of carboxylic acid groups (broad SMARTS) is 1. The predicted octanol–water partition coefficient (Wildman–Crippen LogP) is 3.04. The number of aromatic nitrogens is 1. The molecule has 94 valence electrons. The number of hydrogen-bond acceptors (Lipinski definition) is 4. The molecule has 0 fully saturated rings. The van der Waals surface area contributed by atoms with Crippen LogP contribution in [0.3, 0.4) is 0 Å². The minimum atomic E-state index is -0.824. The first-order valence-corrected chi connectivity index (χ1v) is 6.48. The van der Waals surface area contributed by atoms with Crippen LogP contribution in [0.1, 0.15) is 10.4 Å². The third kappa shape index (κ3) is 3.72. The molecular weight excluding hydrogens is 272 g/mol. The first kappa shape index (κ1) is 12.9. The molecule has 0 aliphatic heterocycles. The highest BCUT2D eigenvalue weighted by Crippen LogP contribution is 2.19. The maximum Gasteiger partial charge on any atom is 0.307 e. The highest BCUT2D eigenvalue weighted by Gasteiger charge is 2.01. The average Bonchev–Trinajstić information content (AvgIpc) is 2.74. The second-order valence-corrected chi connectivity index (χ2v) is 5.40. The van der Waals surface area contributed by atoms with Crippen LogP contribution in [0, 0.1) is 0 Å². The number of rotatable bonds is 5. The van der Waals surface area contributed by atoms with Crippen LogP contribution in [0.4, 0.5) is 5.69 Å². The molecule has 0 radical (unpaired) electrons. The lowest BCUT2D eigenvalue weighted by molar-refractivity contribution is -0.136. The quantitative estimate of drug-likeness (QED) is 0.885. The van der Waals surface area contributed by atoms with Crippen LogP contribution < -0.4 is 5.32 Å². The highest BCUT2D eigenvalue weighted by atomic mass is 35.5. The molecule has 0 spiro atoms. The van der Waals surface area contributed by atoms with Gasteiger partial charge in [-0.2, -0.15) is 0 Å². The van der Waals surface area contributed by atoms with Crippen molar-refractivity contribution in [3.63, 3.8) is 0 Å². The van der Waals surface area contributed by atoms with Gasteiger partial charge in [0.15, 0.2) is 4.47 Å². The molecule has 2 N–H and O–H groups in total. The lowest BCUT2D eigenvalue weighted by Gasteiger charge is -2.05. The summed E-state index contributed by atoms with van der Waals surface area (Å²) in [5.74, 6) is -0.824. The van der Waals surface area contributed by atoms with Crippen molar-refractivity contribution in [1.82, 2.24) is 4.98 Å². The third-order valence-corrected chi connectivity index (χ3v) is 3.42. The predicted molar refractivity (Wildman–Crippen MR) is 72.2 cm³/mol. The van der Waals surface area contributed by atoms with Gasteiger partial charge in [0.2, 0.25) is 0 Å². The van der Waals surface area contributed by atoms with Crippen LogP contribution in [0.2, 0.25) is 4.47 Å². The van der Waals surface area contributed by atoms with E-state index in [1.165, 1.54) is 11.3 Å². The minimum absolute atomic E-state index is 0.0464. The van der Waals surface area contributed by atoms with E-state index in [1.807, 2.05) is 12.1 Å². The van der Waals surface area contributed by atoms with Crippen LogP contribution >= 0.6 is 22.9 Å². The van der Waals surface area contributed by atoms with Gasteiger partial charge >= 0.3 is 5.97 Å². The van der Waals surface area contributed by atoms with Gasteiger partial charge in [0.25, 0.3) is 0 Å². The standard InChI is InChI=1S/C12H11ClN2O2S/c13-12-15-7-10(18-12)6-14-9-3-1-8(2-4-9)5-11(16)17/h1-4,7,14H,5-6H2,(H,16,17). The van der Waals surface area contributed by atoms with E-state index in [0.29, 0.717) is 11.0 Å². The molecule has 1 heterocycles.